The van der Waals surface area contributed by atoms with E-state index in [1.807, 2.05) is 59.5 Å². The lowest BCUT2D eigenvalue weighted by Crippen LogP contribution is -2.40. The third kappa shape index (κ3) is 3.47. The van der Waals surface area contributed by atoms with Crippen LogP contribution >= 0.6 is 0 Å². The third-order valence-corrected chi connectivity index (χ3v) is 6.10. The van der Waals surface area contributed by atoms with Crippen molar-refractivity contribution < 1.29 is 9.53 Å². The number of carbonyl (C=O) groups excluding carboxylic acids is 1. The Balaban J connectivity index is 1.44. The first-order valence-electron chi connectivity index (χ1n) is 10.7. The molecule has 0 spiro atoms. The van der Waals surface area contributed by atoms with Crippen molar-refractivity contribution >= 4 is 16.8 Å². The molecule has 1 N–H and O–H groups in total. The predicted molar refractivity (Wildman–Crippen MR) is 122 cm³/mol. The number of ether oxygens (including phenoxy) is 1. The van der Waals surface area contributed by atoms with Gasteiger partial charge in [-0.05, 0) is 43.2 Å². The number of methoxy groups -OCH3 is 1. The van der Waals surface area contributed by atoms with Crippen LogP contribution in [0.1, 0.15) is 35.1 Å². The molecule has 8 nitrogen and oxygen atoms in total. The van der Waals surface area contributed by atoms with Crippen molar-refractivity contribution in [2.45, 2.75) is 18.8 Å². The van der Waals surface area contributed by atoms with Gasteiger partial charge in [0.2, 0.25) is 0 Å². The van der Waals surface area contributed by atoms with E-state index >= 15 is 0 Å². The number of likely N-dealkylation sites (tertiary alicyclic amines) is 1. The zero-order valence-electron chi connectivity index (χ0n) is 18.1. The summed E-state index contributed by atoms with van der Waals surface area (Å²) < 4.78 is 8.31. The molecule has 1 amide bonds. The van der Waals surface area contributed by atoms with E-state index in [4.69, 9.17) is 4.74 Å². The smallest absolute Gasteiger partial charge is 0.350 e. The number of nitrogens with zero attached hydrogens (tertiary/aromatic N) is 4. The van der Waals surface area contributed by atoms with Crippen molar-refractivity contribution in [1.82, 2.24) is 24.2 Å². The molecule has 164 valence electrons. The van der Waals surface area contributed by atoms with E-state index in [0.717, 1.165) is 35.2 Å². The number of benzene rings is 2. The van der Waals surface area contributed by atoms with E-state index in [9.17, 15) is 9.59 Å². The van der Waals surface area contributed by atoms with E-state index in [-0.39, 0.29) is 17.5 Å². The Morgan fingerprint density at radius 2 is 1.97 bits per heavy atom. The van der Waals surface area contributed by atoms with Crippen molar-refractivity contribution in [3.8, 4) is 11.4 Å². The van der Waals surface area contributed by atoms with Crippen LogP contribution < -0.4 is 10.4 Å². The van der Waals surface area contributed by atoms with Crippen LogP contribution in [0, 0.1) is 0 Å². The highest BCUT2D eigenvalue weighted by atomic mass is 16.5. The Labute approximate surface area is 185 Å². The van der Waals surface area contributed by atoms with Crippen molar-refractivity contribution in [2.24, 2.45) is 7.05 Å². The van der Waals surface area contributed by atoms with Gasteiger partial charge in [-0.15, -0.1) is 0 Å². The molecule has 2 aromatic heterocycles. The lowest BCUT2D eigenvalue weighted by molar-refractivity contribution is 0.0699. The second kappa shape index (κ2) is 8.03. The summed E-state index contributed by atoms with van der Waals surface area (Å²) in [5, 5.41) is 5.50. The minimum atomic E-state index is -0.181. The molecule has 1 atom stereocenters. The van der Waals surface area contributed by atoms with Gasteiger partial charge < -0.3 is 14.6 Å². The summed E-state index contributed by atoms with van der Waals surface area (Å²) in [6.07, 6.45) is 1.72. The summed E-state index contributed by atoms with van der Waals surface area (Å²) in [5.41, 5.74) is 2.02. The maximum atomic E-state index is 13.3. The highest BCUT2D eigenvalue weighted by Gasteiger charge is 2.30. The van der Waals surface area contributed by atoms with Crippen LogP contribution in [0.3, 0.4) is 0 Å². The number of H-pyrrole nitrogens is 1. The number of aromatic amines is 1. The first-order chi connectivity index (χ1) is 15.5. The summed E-state index contributed by atoms with van der Waals surface area (Å²) >= 11 is 0. The molecule has 0 bridgehead atoms. The molecule has 1 unspecified atom stereocenters. The Morgan fingerprint density at radius 1 is 1.16 bits per heavy atom. The van der Waals surface area contributed by atoms with Gasteiger partial charge in [0.1, 0.15) is 17.3 Å². The maximum absolute atomic E-state index is 13.3. The number of hydrogen-bond donors (Lipinski definition) is 1. The predicted octanol–water partition coefficient (Wildman–Crippen LogP) is 3.08. The fourth-order valence-electron chi connectivity index (χ4n) is 4.46. The van der Waals surface area contributed by atoms with Crippen LogP contribution in [-0.2, 0) is 7.05 Å². The average molecular weight is 431 g/mol. The third-order valence-electron chi connectivity index (χ3n) is 6.10. The Morgan fingerprint density at radius 3 is 2.75 bits per heavy atom. The minimum Gasteiger partial charge on any atom is -0.497 e. The van der Waals surface area contributed by atoms with Crippen LogP contribution in [-0.4, -0.2) is 50.3 Å². The van der Waals surface area contributed by atoms with Crippen LogP contribution in [0.4, 0.5) is 0 Å². The molecule has 1 aliphatic heterocycles. The van der Waals surface area contributed by atoms with Crippen LogP contribution in [0.25, 0.3) is 16.6 Å². The molecule has 2 aromatic carbocycles. The molecule has 1 saturated heterocycles. The molecule has 5 rings (SSSR count). The fourth-order valence-corrected chi connectivity index (χ4v) is 4.46. The summed E-state index contributed by atoms with van der Waals surface area (Å²) in [7, 11) is 3.28. The number of aryl methyl sites for hydroxylation is 1. The monoisotopic (exact) mass is 431 g/mol. The SMILES string of the molecule is COc1ccc2cc(C(=O)N3CCCC(c4nn(C)c(=O)n4-c4ccccc4)C3)[nH]c2c1. The first-order valence-corrected chi connectivity index (χ1v) is 10.7. The number of rotatable bonds is 4. The quantitative estimate of drug-likeness (QED) is 0.538. The Bertz CT molecular complexity index is 1330. The number of nitrogens with one attached hydrogen (secondary N) is 1. The van der Waals surface area contributed by atoms with Crippen LogP contribution in [0.5, 0.6) is 5.75 Å². The summed E-state index contributed by atoms with van der Waals surface area (Å²) in [6.45, 7) is 1.19. The molecule has 3 heterocycles. The van der Waals surface area contributed by atoms with Crippen LogP contribution in [0.2, 0.25) is 0 Å². The summed E-state index contributed by atoms with van der Waals surface area (Å²) in [5.74, 6) is 1.37. The molecule has 0 saturated carbocycles. The van der Waals surface area contributed by atoms with E-state index in [1.165, 1.54) is 4.68 Å². The van der Waals surface area contributed by atoms with Gasteiger partial charge in [0.25, 0.3) is 5.91 Å². The number of hydrogen-bond acceptors (Lipinski definition) is 4. The second-order valence-corrected chi connectivity index (χ2v) is 8.16. The lowest BCUT2D eigenvalue weighted by atomic mass is 9.96. The van der Waals surface area contributed by atoms with Gasteiger partial charge in [0.05, 0.1) is 12.8 Å². The minimum absolute atomic E-state index is 0.0220. The Kier molecular flexibility index (Phi) is 5.05. The van der Waals surface area contributed by atoms with E-state index < -0.39 is 0 Å². The summed E-state index contributed by atoms with van der Waals surface area (Å²) in [4.78, 5) is 31.2. The summed E-state index contributed by atoms with van der Waals surface area (Å²) in [6, 6.07) is 17.1. The molecule has 1 fully saturated rings. The van der Waals surface area contributed by atoms with Crippen molar-refractivity contribution in [1.29, 1.82) is 0 Å². The van der Waals surface area contributed by atoms with Gasteiger partial charge in [0.15, 0.2) is 0 Å². The number of amides is 1. The fraction of sp³-hybridized carbons (Fsp3) is 0.292. The number of aromatic nitrogens is 4. The molecule has 32 heavy (non-hydrogen) atoms. The molecule has 8 heteroatoms. The average Bonchev–Trinajstić information content (AvgIpc) is 3.39. The normalized spacial score (nSPS) is 16.4. The van der Waals surface area contributed by atoms with Gasteiger partial charge in [-0.3, -0.25) is 4.79 Å². The molecule has 0 aliphatic carbocycles. The van der Waals surface area contributed by atoms with Gasteiger partial charge in [0, 0.05) is 43.0 Å². The zero-order chi connectivity index (χ0) is 22.2. The molecule has 4 aromatic rings. The van der Waals surface area contributed by atoms with E-state index in [2.05, 4.69) is 10.1 Å². The first kappa shape index (κ1) is 20.1. The second-order valence-electron chi connectivity index (χ2n) is 8.16. The van der Waals surface area contributed by atoms with E-state index in [0.29, 0.717) is 24.6 Å². The molecular formula is C24H25N5O3. The standard InChI is InChI=1S/C24H25N5O3/c1-27-24(31)29(18-8-4-3-5-9-18)22(26-27)17-7-6-12-28(15-17)23(30)21-13-16-10-11-19(32-2)14-20(16)25-21/h3-5,8-11,13-14,17,25H,6-7,12,15H2,1-2H3. The van der Waals surface area contributed by atoms with Gasteiger partial charge in [-0.1, -0.05) is 18.2 Å². The molecular weight excluding hydrogens is 406 g/mol. The maximum Gasteiger partial charge on any atom is 0.350 e. The molecule has 1 aliphatic rings. The van der Waals surface area contributed by atoms with Gasteiger partial charge in [-0.2, -0.15) is 5.10 Å². The van der Waals surface area contributed by atoms with Crippen molar-refractivity contribution in [2.75, 3.05) is 20.2 Å². The number of para-hydroxylation sites is 1. The zero-order valence-corrected chi connectivity index (χ0v) is 18.1. The number of carbonyl (C=O) groups is 1. The largest absolute Gasteiger partial charge is 0.497 e. The van der Waals surface area contributed by atoms with E-state index in [1.54, 1.807) is 18.7 Å². The highest BCUT2D eigenvalue weighted by Crippen LogP contribution is 2.28. The highest BCUT2D eigenvalue weighted by molar-refractivity contribution is 5.98. The van der Waals surface area contributed by atoms with Crippen LogP contribution in [0.15, 0.2) is 59.4 Å². The Hall–Kier alpha value is -3.81. The van der Waals surface area contributed by atoms with Gasteiger partial charge in [-0.25, -0.2) is 14.0 Å². The molecule has 0 radical (unpaired) electrons. The van der Waals surface area contributed by atoms with Crippen molar-refractivity contribution in [3.05, 3.63) is 76.6 Å². The number of fused-ring (bicyclic) bond motifs is 1. The number of piperidine rings is 1. The van der Waals surface area contributed by atoms with Gasteiger partial charge >= 0.3 is 5.69 Å². The van der Waals surface area contributed by atoms with Crippen molar-refractivity contribution in [3.63, 3.8) is 0 Å². The topological polar surface area (TPSA) is 85.2 Å². The lowest BCUT2D eigenvalue weighted by Gasteiger charge is -2.32.